The van der Waals surface area contributed by atoms with Crippen LogP contribution in [0.1, 0.15) is 24.0 Å². The summed E-state index contributed by atoms with van der Waals surface area (Å²) < 4.78 is 42.1. The Morgan fingerprint density at radius 2 is 1.94 bits per heavy atom. The lowest BCUT2D eigenvalue weighted by molar-refractivity contribution is -0.137. The Bertz CT molecular complexity index is 320. The molecule has 0 radical (unpaired) electrons. The fourth-order valence-corrected chi connectivity index (χ4v) is 1.48. The number of benzene rings is 1. The molecule has 0 spiro atoms. The fraction of sp³-hybridized carbons (Fsp3) is 0.500. The van der Waals surface area contributed by atoms with Gasteiger partial charge in [-0.15, -0.1) is 0 Å². The highest BCUT2D eigenvalue weighted by Gasteiger charge is 2.30. The van der Waals surface area contributed by atoms with E-state index in [0.717, 1.165) is 24.5 Å². The van der Waals surface area contributed by atoms with E-state index in [0.29, 0.717) is 13.0 Å². The molecule has 0 aliphatic rings. The van der Waals surface area contributed by atoms with Crippen molar-refractivity contribution in [2.45, 2.75) is 25.4 Å². The molecule has 1 nitrogen and oxygen atoms in total. The molecule has 1 aromatic rings. The molecule has 16 heavy (non-hydrogen) atoms. The van der Waals surface area contributed by atoms with Gasteiger partial charge in [0.1, 0.15) is 0 Å². The van der Waals surface area contributed by atoms with Gasteiger partial charge in [-0.2, -0.15) is 13.2 Å². The van der Waals surface area contributed by atoms with Gasteiger partial charge < -0.3 is 4.74 Å². The van der Waals surface area contributed by atoms with Gasteiger partial charge in [0.25, 0.3) is 0 Å². The zero-order valence-electron chi connectivity index (χ0n) is 9.18. The van der Waals surface area contributed by atoms with Crippen LogP contribution in [0.25, 0.3) is 0 Å². The van der Waals surface area contributed by atoms with Gasteiger partial charge in [-0.3, -0.25) is 0 Å². The molecule has 0 aliphatic heterocycles. The zero-order valence-corrected chi connectivity index (χ0v) is 9.18. The lowest BCUT2D eigenvalue weighted by Gasteiger charge is -2.08. The van der Waals surface area contributed by atoms with E-state index in [1.807, 2.05) is 0 Å². The molecule has 0 saturated carbocycles. The van der Waals surface area contributed by atoms with Crippen LogP contribution in [0.15, 0.2) is 24.3 Å². The Morgan fingerprint density at radius 1 is 1.19 bits per heavy atom. The van der Waals surface area contributed by atoms with E-state index in [1.165, 1.54) is 12.1 Å². The predicted molar refractivity (Wildman–Crippen MR) is 56.3 cm³/mol. The number of alkyl halides is 3. The standard InChI is InChI=1S/C12H15F3O/c1-16-8-3-2-5-10-6-4-7-11(9-10)12(13,14)15/h4,6-7,9H,2-3,5,8H2,1H3. The highest BCUT2D eigenvalue weighted by atomic mass is 19.4. The Kier molecular flexibility index (Phi) is 4.80. The number of methoxy groups -OCH3 is 1. The molecule has 1 aromatic carbocycles. The maximum Gasteiger partial charge on any atom is 0.416 e. The highest BCUT2D eigenvalue weighted by Crippen LogP contribution is 2.29. The van der Waals surface area contributed by atoms with E-state index < -0.39 is 11.7 Å². The molecule has 0 bridgehead atoms. The summed E-state index contributed by atoms with van der Waals surface area (Å²) in [5.41, 5.74) is 0.155. The van der Waals surface area contributed by atoms with E-state index in [1.54, 1.807) is 13.2 Å². The molecule has 0 amide bonds. The molecular weight excluding hydrogens is 217 g/mol. The van der Waals surface area contributed by atoms with Crippen LogP contribution < -0.4 is 0 Å². The summed E-state index contributed by atoms with van der Waals surface area (Å²) >= 11 is 0. The number of halogens is 3. The van der Waals surface area contributed by atoms with Crippen LogP contribution in [0.3, 0.4) is 0 Å². The lowest BCUT2D eigenvalue weighted by atomic mass is 10.1. The quantitative estimate of drug-likeness (QED) is 0.704. The number of aryl methyl sites for hydroxylation is 1. The molecule has 90 valence electrons. The minimum absolute atomic E-state index is 0.572. The zero-order chi connectivity index (χ0) is 12.0. The van der Waals surface area contributed by atoms with E-state index in [-0.39, 0.29) is 0 Å². The summed E-state index contributed by atoms with van der Waals surface area (Å²) in [6, 6.07) is 5.49. The van der Waals surface area contributed by atoms with Crippen LogP contribution in [-0.4, -0.2) is 13.7 Å². The molecule has 0 heterocycles. The molecular formula is C12H15F3O. The Labute approximate surface area is 93.2 Å². The van der Waals surface area contributed by atoms with Gasteiger partial charge in [0.15, 0.2) is 0 Å². The average Bonchev–Trinajstić information content (AvgIpc) is 2.24. The Morgan fingerprint density at radius 3 is 2.56 bits per heavy atom. The van der Waals surface area contributed by atoms with Crippen LogP contribution in [0.2, 0.25) is 0 Å². The molecule has 0 fully saturated rings. The second-order valence-electron chi connectivity index (χ2n) is 3.65. The monoisotopic (exact) mass is 232 g/mol. The van der Waals surface area contributed by atoms with E-state index in [2.05, 4.69) is 0 Å². The molecule has 0 aliphatic carbocycles. The van der Waals surface area contributed by atoms with E-state index in [4.69, 9.17) is 4.74 Å². The molecule has 0 atom stereocenters. The Balaban J connectivity index is 2.54. The first-order valence-electron chi connectivity index (χ1n) is 5.19. The van der Waals surface area contributed by atoms with Crippen molar-refractivity contribution < 1.29 is 17.9 Å². The summed E-state index contributed by atoms with van der Waals surface area (Å²) in [6.45, 7) is 0.652. The third-order valence-corrected chi connectivity index (χ3v) is 2.32. The summed E-state index contributed by atoms with van der Waals surface area (Å²) in [6.07, 6.45) is -1.88. The first-order chi connectivity index (χ1) is 7.54. The van der Waals surface area contributed by atoms with Crippen molar-refractivity contribution in [2.75, 3.05) is 13.7 Å². The lowest BCUT2D eigenvalue weighted by Crippen LogP contribution is -2.05. The SMILES string of the molecule is COCCCCc1cccc(C(F)(F)F)c1. The van der Waals surface area contributed by atoms with E-state index in [9.17, 15) is 13.2 Å². The van der Waals surface area contributed by atoms with Crippen molar-refractivity contribution in [3.05, 3.63) is 35.4 Å². The van der Waals surface area contributed by atoms with Crippen molar-refractivity contribution >= 4 is 0 Å². The van der Waals surface area contributed by atoms with Crippen LogP contribution in [0.5, 0.6) is 0 Å². The normalized spacial score (nSPS) is 11.8. The van der Waals surface area contributed by atoms with Crippen molar-refractivity contribution in [1.29, 1.82) is 0 Å². The summed E-state index contributed by atoms with van der Waals surface area (Å²) in [4.78, 5) is 0. The van der Waals surface area contributed by atoms with Gasteiger partial charge in [-0.1, -0.05) is 18.2 Å². The molecule has 4 heteroatoms. The number of hydrogen-bond donors (Lipinski definition) is 0. The maximum atomic E-state index is 12.4. The van der Waals surface area contributed by atoms with Crippen molar-refractivity contribution in [2.24, 2.45) is 0 Å². The maximum absolute atomic E-state index is 12.4. The van der Waals surface area contributed by atoms with Gasteiger partial charge in [-0.25, -0.2) is 0 Å². The minimum Gasteiger partial charge on any atom is -0.385 e. The topological polar surface area (TPSA) is 9.23 Å². The predicted octanol–water partition coefficient (Wildman–Crippen LogP) is 3.67. The van der Waals surface area contributed by atoms with Crippen LogP contribution in [-0.2, 0) is 17.3 Å². The van der Waals surface area contributed by atoms with Crippen molar-refractivity contribution in [3.63, 3.8) is 0 Å². The Hall–Kier alpha value is -1.03. The first kappa shape index (κ1) is 13.0. The first-order valence-corrected chi connectivity index (χ1v) is 5.19. The second kappa shape index (κ2) is 5.89. The van der Waals surface area contributed by atoms with Crippen LogP contribution >= 0.6 is 0 Å². The number of unbranched alkanes of at least 4 members (excludes halogenated alkanes) is 1. The smallest absolute Gasteiger partial charge is 0.385 e. The molecule has 0 aromatic heterocycles. The fourth-order valence-electron chi connectivity index (χ4n) is 1.48. The van der Waals surface area contributed by atoms with E-state index >= 15 is 0 Å². The number of ether oxygens (including phenoxy) is 1. The average molecular weight is 232 g/mol. The molecule has 0 N–H and O–H groups in total. The summed E-state index contributed by atoms with van der Waals surface area (Å²) in [5.74, 6) is 0. The second-order valence-corrected chi connectivity index (χ2v) is 3.65. The minimum atomic E-state index is -4.25. The third-order valence-electron chi connectivity index (χ3n) is 2.32. The molecule has 0 unspecified atom stereocenters. The largest absolute Gasteiger partial charge is 0.416 e. The van der Waals surface area contributed by atoms with Gasteiger partial charge in [0.2, 0.25) is 0 Å². The van der Waals surface area contributed by atoms with Crippen LogP contribution in [0, 0.1) is 0 Å². The number of hydrogen-bond acceptors (Lipinski definition) is 1. The summed E-state index contributed by atoms with van der Waals surface area (Å²) in [5, 5.41) is 0. The van der Waals surface area contributed by atoms with Crippen molar-refractivity contribution in [3.8, 4) is 0 Å². The third kappa shape index (κ3) is 4.23. The summed E-state index contributed by atoms with van der Waals surface area (Å²) in [7, 11) is 1.62. The van der Waals surface area contributed by atoms with Gasteiger partial charge in [0, 0.05) is 13.7 Å². The highest BCUT2D eigenvalue weighted by molar-refractivity contribution is 5.25. The van der Waals surface area contributed by atoms with Gasteiger partial charge in [0.05, 0.1) is 5.56 Å². The molecule has 0 saturated heterocycles. The van der Waals surface area contributed by atoms with Crippen LogP contribution in [0.4, 0.5) is 13.2 Å². The van der Waals surface area contributed by atoms with Gasteiger partial charge >= 0.3 is 6.18 Å². The number of rotatable bonds is 5. The van der Waals surface area contributed by atoms with Crippen molar-refractivity contribution in [1.82, 2.24) is 0 Å². The van der Waals surface area contributed by atoms with Gasteiger partial charge in [-0.05, 0) is 30.9 Å². The molecule has 1 rings (SSSR count).